The van der Waals surface area contributed by atoms with Crippen LogP contribution in [0.25, 0.3) is 0 Å². The van der Waals surface area contributed by atoms with Crippen LogP contribution in [0.3, 0.4) is 0 Å². The highest BCUT2D eigenvalue weighted by Gasteiger charge is 2.35. The Bertz CT molecular complexity index is 406. The predicted molar refractivity (Wildman–Crippen MR) is 74.1 cm³/mol. The zero-order chi connectivity index (χ0) is 13.2. The van der Waals surface area contributed by atoms with E-state index in [1.54, 1.807) is 0 Å². The van der Waals surface area contributed by atoms with Crippen LogP contribution in [0.1, 0.15) is 51.6 Å². The summed E-state index contributed by atoms with van der Waals surface area (Å²) in [6, 6.07) is 10.4. The van der Waals surface area contributed by atoms with Gasteiger partial charge in [-0.1, -0.05) is 51.1 Å². The molecule has 2 heteroatoms. The number of carbonyl (C=O) groups excluding carboxylic acids is 1. The third-order valence-corrected chi connectivity index (χ3v) is 4.06. The van der Waals surface area contributed by atoms with Crippen LogP contribution < -0.4 is 5.32 Å². The summed E-state index contributed by atoms with van der Waals surface area (Å²) in [6.07, 6.45) is 3.15. The third kappa shape index (κ3) is 2.92. The van der Waals surface area contributed by atoms with E-state index in [1.165, 1.54) is 5.56 Å². The summed E-state index contributed by atoms with van der Waals surface area (Å²) in [4.78, 5) is 12.0. The number of rotatable bonds is 5. The van der Waals surface area contributed by atoms with Gasteiger partial charge >= 0.3 is 0 Å². The number of hydrogen-bond donors (Lipinski definition) is 1. The molecule has 1 aliphatic carbocycles. The average Bonchev–Trinajstić information content (AvgIpc) is 3.20. The van der Waals surface area contributed by atoms with Crippen molar-refractivity contribution in [2.24, 2.45) is 11.3 Å². The summed E-state index contributed by atoms with van der Waals surface area (Å²) in [5, 5.41) is 3.25. The minimum absolute atomic E-state index is 0.0753. The molecule has 1 fully saturated rings. The van der Waals surface area contributed by atoms with Crippen molar-refractivity contribution in [3.05, 3.63) is 35.9 Å². The molecule has 2 nitrogen and oxygen atoms in total. The Morgan fingerprint density at radius 3 is 2.44 bits per heavy atom. The molecule has 0 unspecified atom stereocenters. The molecule has 1 saturated carbocycles. The molecule has 0 spiro atoms. The SMILES string of the molecule is CCC(C)(C)[C@H](NC(=O)C1CC1)c1ccccc1. The number of hydrogen-bond acceptors (Lipinski definition) is 1. The molecule has 0 bridgehead atoms. The molecule has 18 heavy (non-hydrogen) atoms. The molecule has 0 aliphatic heterocycles. The Morgan fingerprint density at radius 1 is 1.33 bits per heavy atom. The van der Waals surface area contributed by atoms with Crippen molar-refractivity contribution in [1.29, 1.82) is 0 Å². The van der Waals surface area contributed by atoms with E-state index in [0.717, 1.165) is 19.3 Å². The van der Waals surface area contributed by atoms with Crippen molar-refractivity contribution >= 4 is 5.91 Å². The minimum Gasteiger partial charge on any atom is -0.349 e. The Kier molecular flexibility index (Phi) is 3.74. The van der Waals surface area contributed by atoms with E-state index in [0.29, 0.717) is 0 Å². The van der Waals surface area contributed by atoms with E-state index in [9.17, 15) is 4.79 Å². The monoisotopic (exact) mass is 245 g/mol. The maximum Gasteiger partial charge on any atom is 0.223 e. The largest absolute Gasteiger partial charge is 0.349 e. The van der Waals surface area contributed by atoms with Crippen LogP contribution >= 0.6 is 0 Å². The van der Waals surface area contributed by atoms with Crippen LogP contribution in [0.15, 0.2) is 30.3 Å². The van der Waals surface area contributed by atoms with Gasteiger partial charge in [0.15, 0.2) is 0 Å². The molecule has 1 aliphatic rings. The van der Waals surface area contributed by atoms with E-state index in [1.807, 2.05) is 18.2 Å². The first kappa shape index (κ1) is 13.1. The molecule has 1 aromatic carbocycles. The average molecular weight is 245 g/mol. The summed E-state index contributed by atoms with van der Waals surface area (Å²) in [7, 11) is 0. The van der Waals surface area contributed by atoms with Crippen molar-refractivity contribution in [2.45, 2.75) is 46.1 Å². The normalized spacial score (nSPS) is 17.3. The molecule has 98 valence electrons. The summed E-state index contributed by atoms with van der Waals surface area (Å²) in [6.45, 7) is 6.62. The van der Waals surface area contributed by atoms with Gasteiger partial charge in [-0.3, -0.25) is 4.79 Å². The van der Waals surface area contributed by atoms with E-state index < -0.39 is 0 Å². The molecular weight excluding hydrogens is 222 g/mol. The lowest BCUT2D eigenvalue weighted by molar-refractivity contribution is -0.124. The van der Waals surface area contributed by atoms with Gasteiger partial charge in [0.1, 0.15) is 0 Å². The van der Waals surface area contributed by atoms with Crippen LogP contribution in [-0.2, 0) is 4.79 Å². The Labute approximate surface area is 110 Å². The third-order valence-electron chi connectivity index (χ3n) is 4.06. The zero-order valence-electron chi connectivity index (χ0n) is 11.6. The van der Waals surface area contributed by atoms with Gasteiger partial charge in [0.05, 0.1) is 6.04 Å². The first-order valence-corrected chi connectivity index (χ1v) is 6.90. The molecule has 0 heterocycles. The smallest absolute Gasteiger partial charge is 0.223 e. The van der Waals surface area contributed by atoms with Crippen LogP contribution in [0.5, 0.6) is 0 Å². The highest BCUT2D eigenvalue weighted by atomic mass is 16.2. The second kappa shape index (κ2) is 5.13. The van der Waals surface area contributed by atoms with Crippen molar-refractivity contribution in [1.82, 2.24) is 5.32 Å². The van der Waals surface area contributed by atoms with Gasteiger partial charge in [0.2, 0.25) is 5.91 Å². The highest BCUT2D eigenvalue weighted by molar-refractivity contribution is 5.81. The first-order valence-electron chi connectivity index (χ1n) is 6.90. The lowest BCUT2D eigenvalue weighted by Gasteiger charge is -2.34. The molecule has 0 saturated heterocycles. The molecule has 1 aromatic rings. The maximum atomic E-state index is 12.0. The van der Waals surface area contributed by atoms with Gasteiger partial charge in [0, 0.05) is 5.92 Å². The Hall–Kier alpha value is -1.31. The van der Waals surface area contributed by atoms with Crippen LogP contribution in [0.4, 0.5) is 0 Å². The molecule has 0 aromatic heterocycles. The van der Waals surface area contributed by atoms with Crippen molar-refractivity contribution in [3.8, 4) is 0 Å². The van der Waals surface area contributed by atoms with Crippen LogP contribution in [-0.4, -0.2) is 5.91 Å². The Morgan fingerprint density at radius 2 is 1.94 bits per heavy atom. The molecule has 1 N–H and O–H groups in total. The minimum atomic E-state index is 0.0753. The van der Waals surface area contributed by atoms with E-state index in [-0.39, 0.29) is 23.3 Å². The summed E-state index contributed by atoms with van der Waals surface area (Å²) < 4.78 is 0. The topological polar surface area (TPSA) is 29.1 Å². The highest BCUT2D eigenvalue weighted by Crippen LogP contribution is 2.38. The maximum absolute atomic E-state index is 12.0. The fraction of sp³-hybridized carbons (Fsp3) is 0.562. The van der Waals surface area contributed by atoms with Gasteiger partial charge in [-0.15, -0.1) is 0 Å². The quantitative estimate of drug-likeness (QED) is 0.842. The van der Waals surface area contributed by atoms with E-state index in [4.69, 9.17) is 0 Å². The van der Waals surface area contributed by atoms with Gasteiger partial charge < -0.3 is 5.32 Å². The van der Waals surface area contributed by atoms with Crippen molar-refractivity contribution in [3.63, 3.8) is 0 Å². The summed E-state index contributed by atoms with van der Waals surface area (Å²) in [5.41, 5.74) is 1.28. The van der Waals surface area contributed by atoms with Gasteiger partial charge in [-0.25, -0.2) is 0 Å². The fourth-order valence-corrected chi connectivity index (χ4v) is 2.19. The number of amides is 1. The van der Waals surface area contributed by atoms with Gasteiger partial charge in [0.25, 0.3) is 0 Å². The molecule has 2 rings (SSSR count). The van der Waals surface area contributed by atoms with E-state index >= 15 is 0 Å². The lowest BCUT2D eigenvalue weighted by atomic mass is 9.78. The summed E-state index contributed by atoms with van der Waals surface area (Å²) in [5.74, 6) is 0.495. The van der Waals surface area contributed by atoms with Crippen molar-refractivity contribution < 1.29 is 4.79 Å². The fourth-order valence-electron chi connectivity index (χ4n) is 2.19. The van der Waals surface area contributed by atoms with E-state index in [2.05, 4.69) is 38.2 Å². The molecular formula is C16H23NO. The molecule has 0 radical (unpaired) electrons. The zero-order valence-corrected chi connectivity index (χ0v) is 11.6. The second-order valence-corrected chi connectivity index (χ2v) is 5.97. The van der Waals surface area contributed by atoms with Gasteiger partial charge in [-0.05, 0) is 30.2 Å². The van der Waals surface area contributed by atoms with Crippen LogP contribution in [0.2, 0.25) is 0 Å². The standard InChI is InChI=1S/C16H23NO/c1-4-16(2,3)14(12-8-6-5-7-9-12)17-15(18)13-10-11-13/h5-9,13-14H,4,10-11H2,1-3H3,(H,17,18)/t14-/m1/s1. The molecule has 1 atom stereocenters. The summed E-state index contributed by atoms with van der Waals surface area (Å²) >= 11 is 0. The number of benzene rings is 1. The number of nitrogens with one attached hydrogen (secondary N) is 1. The number of carbonyl (C=O) groups is 1. The lowest BCUT2D eigenvalue weighted by Crippen LogP contribution is -2.38. The first-order chi connectivity index (χ1) is 8.54. The Balaban J connectivity index is 2.20. The van der Waals surface area contributed by atoms with Gasteiger partial charge in [-0.2, -0.15) is 0 Å². The van der Waals surface area contributed by atoms with Crippen LogP contribution in [0, 0.1) is 11.3 Å². The molecule has 1 amide bonds. The second-order valence-electron chi connectivity index (χ2n) is 5.97. The predicted octanol–water partition coefficient (Wildman–Crippen LogP) is 3.69. The van der Waals surface area contributed by atoms with Crippen molar-refractivity contribution in [2.75, 3.05) is 0 Å².